The van der Waals surface area contributed by atoms with Crippen LogP contribution >= 0.6 is 0 Å². The van der Waals surface area contributed by atoms with Crippen molar-refractivity contribution in [1.82, 2.24) is 0 Å². The van der Waals surface area contributed by atoms with Crippen LogP contribution in [-0.4, -0.2) is 18.7 Å². The predicted octanol–water partition coefficient (Wildman–Crippen LogP) is 2.51. The Morgan fingerprint density at radius 1 is 1.29 bits per heavy atom. The minimum atomic E-state index is -4.36. The van der Waals surface area contributed by atoms with Gasteiger partial charge in [-0.05, 0) is 18.1 Å². The summed E-state index contributed by atoms with van der Waals surface area (Å²) < 4.78 is 40.4. The molecule has 0 bridgehead atoms. The van der Waals surface area contributed by atoms with Crippen LogP contribution in [0.1, 0.15) is 12.0 Å². The summed E-state index contributed by atoms with van der Waals surface area (Å²) in [6.07, 6.45) is -3.37. The van der Waals surface area contributed by atoms with Crippen LogP contribution in [0.5, 0.6) is 5.75 Å². The Bertz CT molecular complexity index is 443. The zero-order chi connectivity index (χ0) is 12.5. The monoisotopic (exact) mass is 245 g/mol. The van der Waals surface area contributed by atoms with Crippen molar-refractivity contribution in [3.05, 3.63) is 23.8 Å². The minimum absolute atomic E-state index is 0.100. The van der Waals surface area contributed by atoms with E-state index in [4.69, 9.17) is 0 Å². The van der Waals surface area contributed by atoms with Gasteiger partial charge in [0.15, 0.2) is 6.61 Å². The highest BCUT2D eigenvalue weighted by Crippen LogP contribution is 2.28. The van der Waals surface area contributed by atoms with E-state index in [1.165, 1.54) is 12.1 Å². The van der Waals surface area contributed by atoms with E-state index in [1.54, 1.807) is 6.07 Å². The number of ether oxygens (including phenoxy) is 1. The predicted molar refractivity (Wildman–Crippen MR) is 54.9 cm³/mol. The van der Waals surface area contributed by atoms with Crippen LogP contribution in [0.25, 0.3) is 0 Å². The summed E-state index contributed by atoms with van der Waals surface area (Å²) in [6, 6.07) is 4.56. The molecule has 0 fully saturated rings. The lowest BCUT2D eigenvalue weighted by Crippen LogP contribution is -2.21. The van der Waals surface area contributed by atoms with Crippen molar-refractivity contribution in [3.8, 4) is 5.75 Å². The Morgan fingerprint density at radius 2 is 2.06 bits per heavy atom. The van der Waals surface area contributed by atoms with Gasteiger partial charge in [0, 0.05) is 18.2 Å². The van der Waals surface area contributed by atoms with Gasteiger partial charge in [0.25, 0.3) is 0 Å². The van der Waals surface area contributed by atoms with Crippen molar-refractivity contribution >= 4 is 11.6 Å². The summed E-state index contributed by atoms with van der Waals surface area (Å²) in [7, 11) is 0. The highest BCUT2D eigenvalue weighted by molar-refractivity contribution is 5.94. The molecule has 0 atom stereocenters. The number of alkyl halides is 3. The summed E-state index contributed by atoms with van der Waals surface area (Å²) in [6.45, 7) is -1.33. The molecule has 1 aromatic rings. The molecule has 3 nitrogen and oxygen atoms in total. The molecule has 1 aromatic carbocycles. The number of nitrogens with one attached hydrogen (secondary N) is 1. The number of carbonyl (C=O) groups is 1. The highest BCUT2D eigenvalue weighted by Gasteiger charge is 2.28. The Morgan fingerprint density at radius 3 is 2.76 bits per heavy atom. The molecule has 1 N–H and O–H groups in total. The minimum Gasteiger partial charge on any atom is -0.484 e. The maximum Gasteiger partial charge on any atom is 0.422 e. The SMILES string of the molecule is O=C1CCc2ccc(OCC(F)(F)F)cc2N1. The number of benzene rings is 1. The number of hydrogen-bond acceptors (Lipinski definition) is 2. The fourth-order valence-electron chi connectivity index (χ4n) is 1.61. The third kappa shape index (κ3) is 3.12. The number of anilines is 1. The van der Waals surface area contributed by atoms with E-state index in [9.17, 15) is 18.0 Å². The van der Waals surface area contributed by atoms with Gasteiger partial charge in [0.05, 0.1) is 0 Å². The molecule has 0 aliphatic carbocycles. The van der Waals surface area contributed by atoms with Gasteiger partial charge in [-0.15, -0.1) is 0 Å². The molecule has 0 saturated heterocycles. The maximum absolute atomic E-state index is 11.9. The van der Waals surface area contributed by atoms with E-state index >= 15 is 0 Å². The number of carbonyl (C=O) groups excluding carboxylic acids is 1. The molecule has 0 unspecified atom stereocenters. The van der Waals surface area contributed by atoms with Crippen LogP contribution in [0.2, 0.25) is 0 Å². The van der Waals surface area contributed by atoms with Crippen molar-refractivity contribution in [2.45, 2.75) is 19.0 Å². The van der Waals surface area contributed by atoms with Crippen molar-refractivity contribution < 1.29 is 22.7 Å². The van der Waals surface area contributed by atoms with Gasteiger partial charge >= 0.3 is 6.18 Å². The number of amides is 1. The lowest BCUT2D eigenvalue weighted by Gasteiger charge is -2.18. The third-order valence-electron chi connectivity index (χ3n) is 2.38. The fourth-order valence-corrected chi connectivity index (χ4v) is 1.61. The van der Waals surface area contributed by atoms with Gasteiger partial charge in [-0.25, -0.2) is 0 Å². The molecule has 0 aromatic heterocycles. The molecular weight excluding hydrogens is 235 g/mol. The summed E-state index contributed by atoms with van der Waals surface area (Å²) in [5.41, 5.74) is 1.44. The summed E-state index contributed by atoms with van der Waals surface area (Å²) in [5.74, 6) is -0.0336. The average molecular weight is 245 g/mol. The second kappa shape index (κ2) is 4.27. The van der Waals surface area contributed by atoms with Crippen LogP contribution in [-0.2, 0) is 11.2 Å². The quantitative estimate of drug-likeness (QED) is 0.869. The van der Waals surface area contributed by atoms with E-state index in [0.717, 1.165) is 5.56 Å². The van der Waals surface area contributed by atoms with Gasteiger partial charge in [0.2, 0.25) is 5.91 Å². The van der Waals surface area contributed by atoms with Crippen LogP contribution < -0.4 is 10.1 Å². The second-order valence-electron chi connectivity index (χ2n) is 3.77. The first-order chi connectivity index (χ1) is 7.94. The maximum atomic E-state index is 11.9. The second-order valence-corrected chi connectivity index (χ2v) is 3.77. The van der Waals surface area contributed by atoms with E-state index in [2.05, 4.69) is 10.1 Å². The Kier molecular flexibility index (Phi) is 2.95. The summed E-state index contributed by atoms with van der Waals surface area (Å²) in [5, 5.41) is 2.60. The lowest BCUT2D eigenvalue weighted by molar-refractivity contribution is -0.153. The fraction of sp³-hybridized carbons (Fsp3) is 0.364. The number of fused-ring (bicyclic) bond motifs is 1. The molecular formula is C11H10F3NO2. The molecule has 0 radical (unpaired) electrons. The average Bonchev–Trinajstić information content (AvgIpc) is 2.24. The van der Waals surface area contributed by atoms with Gasteiger partial charge in [-0.1, -0.05) is 6.07 Å². The number of rotatable bonds is 2. The number of hydrogen-bond donors (Lipinski definition) is 1. The normalized spacial score (nSPS) is 15.1. The Hall–Kier alpha value is -1.72. The van der Waals surface area contributed by atoms with Crippen molar-refractivity contribution in [2.24, 2.45) is 0 Å². The smallest absolute Gasteiger partial charge is 0.422 e. The molecule has 0 spiro atoms. The number of halogens is 3. The van der Waals surface area contributed by atoms with Crippen molar-refractivity contribution in [1.29, 1.82) is 0 Å². The Labute approximate surface area is 95.6 Å². The zero-order valence-corrected chi connectivity index (χ0v) is 8.80. The Balaban J connectivity index is 2.10. The van der Waals surface area contributed by atoms with Crippen LogP contribution in [0.3, 0.4) is 0 Å². The first-order valence-corrected chi connectivity index (χ1v) is 5.06. The molecule has 1 heterocycles. The molecule has 92 valence electrons. The van der Waals surface area contributed by atoms with Crippen molar-refractivity contribution in [2.75, 3.05) is 11.9 Å². The number of aryl methyl sites for hydroxylation is 1. The van der Waals surface area contributed by atoms with E-state index in [0.29, 0.717) is 18.5 Å². The van der Waals surface area contributed by atoms with E-state index in [-0.39, 0.29) is 11.7 Å². The van der Waals surface area contributed by atoms with Crippen LogP contribution in [0, 0.1) is 0 Å². The zero-order valence-electron chi connectivity index (χ0n) is 8.80. The lowest BCUT2D eigenvalue weighted by atomic mass is 10.0. The van der Waals surface area contributed by atoms with E-state index < -0.39 is 12.8 Å². The topological polar surface area (TPSA) is 38.3 Å². The van der Waals surface area contributed by atoms with Crippen LogP contribution in [0.4, 0.5) is 18.9 Å². The summed E-state index contributed by atoms with van der Waals surface area (Å²) in [4.78, 5) is 11.1. The molecule has 2 rings (SSSR count). The van der Waals surface area contributed by atoms with Crippen molar-refractivity contribution in [3.63, 3.8) is 0 Å². The van der Waals surface area contributed by atoms with Gasteiger partial charge in [-0.3, -0.25) is 4.79 Å². The summed E-state index contributed by atoms with van der Waals surface area (Å²) >= 11 is 0. The molecule has 0 saturated carbocycles. The third-order valence-corrected chi connectivity index (χ3v) is 2.38. The van der Waals surface area contributed by atoms with Gasteiger partial charge < -0.3 is 10.1 Å². The van der Waals surface area contributed by atoms with Gasteiger partial charge in [-0.2, -0.15) is 13.2 Å². The molecule has 1 amide bonds. The van der Waals surface area contributed by atoms with Gasteiger partial charge in [0.1, 0.15) is 5.75 Å². The first kappa shape index (κ1) is 11.8. The van der Waals surface area contributed by atoms with Crippen LogP contribution in [0.15, 0.2) is 18.2 Å². The van der Waals surface area contributed by atoms with E-state index in [1.807, 2.05) is 0 Å². The molecule has 1 aliphatic rings. The molecule has 17 heavy (non-hydrogen) atoms. The standard InChI is InChI=1S/C11H10F3NO2/c12-11(13,14)6-17-8-3-1-7-2-4-10(16)15-9(7)5-8/h1,3,5H,2,4,6H2,(H,15,16). The molecule has 1 aliphatic heterocycles. The first-order valence-electron chi connectivity index (χ1n) is 5.06. The molecule has 6 heteroatoms. The largest absolute Gasteiger partial charge is 0.484 e. The highest BCUT2D eigenvalue weighted by atomic mass is 19.4.